The molecule has 1 aromatic carbocycles. The van der Waals surface area contributed by atoms with Crippen molar-refractivity contribution in [3.8, 4) is 5.69 Å². The minimum Gasteiger partial charge on any atom is -0.338 e. The molecule has 5 N–H and O–H groups in total. The molecular formula is C29H45ClN8O3. The van der Waals surface area contributed by atoms with E-state index in [9.17, 15) is 14.4 Å². The van der Waals surface area contributed by atoms with Gasteiger partial charge in [-0.15, -0.1) is 12.4 Å². The summed E-state index contributed by atoms with van der Waals surface area (Å²) in [5.41, 5.74) is 12.5. The lowest BCUT2D eigenvalue weighted by Gasteiger charge is -2.37. The predicted octanol–water partition coefficient (Wildman–Crippen LogP) is 2.41. The number of nitrogens with zero attached hydrogens (tertiary/aromatic N) is 5. The molecule has 41 heavy (non-hydrogen) atoms. The van der Waals surface area contributed by atoms with Crippen LogP contribution in [0, 0.1) is 5.92 Å². The van der Waals surface area contributed by atoms with E-state index in [1.807, 2.05) is 24.3 Å². The van der Waals surface area contributed by atoms with Crippen LogP contribution in [0.3, 0.4) is 0 Å². The van der Waals surface area contributed by atoms with Crippen molar-refractivity contribution in [3.05, 3.63) is 52.6 Å². The minimum atomic E-state index is -0.946. The zero-order valence-corrected chi connectivity index (χ0v) is 25.5. The molecule has 2 saturated heterocycles. The zero-order valence-electron chi connectivity index (χ0n) is 24.6. The van der Waals surface area contributed by atoms with E-state index in [0.717, 1.165) is 26.1 Å². The summed E-state index contributed by atoms with van der Waals surface area (Å²) in [4.78, 5) is 47.6. The lowest BCUT2D eigenvalue weighted by molar-refractivity contribution is -0.137. The Morgan fingerprint density at radius 1 is 0.927 bits per heavy atom. The molecule has 0 spiro atoms. The fourth-order valence-corrected chi connectivity index (χ4v) is 5.49. The molecule has 1 aromatic heterocycles. The van der Waals surface area contributed by atoms with Gasteiger partial charge in [0.2, 0.25) is 5.91 Å². The van der Waals surface area contributed by atoms with E-state index < -0.39 is 11.2 Å². The van der Waals surface area contributed by atoms with Gasteiger partial charge in [0.15, 0.2) is 0 Å². The van der Waals surface area contributed by atoms with Crippen LogP contribution in [0.15, 0.2) is 41.3 Å². The fourth-order valence-electron chi connectivity index (χ4n) is 5.49. The average Bonchev–Trinajstić information content (AvgIpc) is 2.89. The molecule has 3 amide bonds. The molecule has 3 heterocycles. The van der Waals surface area contributed by atoms with Gasteiger partial charge in [-0.3, -0.25) is 19.6 Å². The van der Waals surface area contributed by atoms with Crippen molar-refractivity contribution in [1.29, 1.82) is 0 Å². The number of anilines is 1. The number of piperazine rings is 1. The molecule has 2 fully saturated rings. The molecule has 12 heteroatoms. The number of hydrogen-bond donors (Lipinski definition) is 3. The van der Waals surface area contributed by atoms with E-state index in [0.29, 0.717) is 37.8 Å². The Balaban J connectivity index is 0.00000462. The van der Waals surface area contributed by atoms with Crippen LogP contribution >= 0.6 is 12.4 Å². The maximum absolute atomic E-state index is 12.8. The van der Waals surface area contributed by atoms with Gasteiger partial charge >= 0.3 is 11.7 Å². The fraction of sp³-hybridized carbons (Fsp3) is 0.586. The zero-order chi connectivity index (χ0) is 29.1. The standard InChI is InChI=1S/C29H44N8O3.ClH/c1-28(2,30)19-21-9-12-34(13-10-21)20-22-5-7-23(8-6-22)37-14-11-24(33-27(37)40)32-26(39)36-17-15-35(16-18-36)25(38)29(3,4)31;/h5-8,11,14,21H,9-10,12-13,15-20,30-31H2,1-4H3,(H,32,33,39,40);1H. The number of nitrogens with two attached hydrogens (primary N) is 2. The van der Waals surface area contributed by atoms with Crippen molar-refractivity contribution >= 4 is 30.2 Å². The number of halogens is 1. The molecule has 2 aliphatic heterocycles. The number of benzene rings is 1. The first-order chi connectivity index (χ1) is 18.8. The van der Waals surface area contributed by atoms with Crippen LogP contribution in [0.2, 0.25) is 0 Å². The van der Waals surface area contributed by atoms with Crippen LogP contribution in [0.5, 0.6) is 0 Å². The molecule has 226 valence electrons. The Bertz CT molecular complexity index is 1240. The highest BCUT2D eigenvalue weighted by Crippen LogP contribution is 2.26. The van der Waals surface area contributed by atoms with Gasteiger partial charge in [0.1, 0.15) is 5.82 Å². The van der Waals surface area contributed by atoms with Crippen molar-refractivity contribution in [2.24, 2.45) is 17.4 Å². The largest absolute Gasteiger partial charge is 0.354 e. The first-order valence-corrected chi connectivity index (χ1v) is 14.1. The van der Waals surface area contributed by atoms with Crippen LogP contribution in [0.25, 0.3) is 5.69 Å². The van der Waals surface area contributed by atoms with Gasteiger partial charge in [-0.05, 0) is 89.7 Å². The highest BCUT2D eigenvalue weighted by molar-refractivity contribution is 5.89. The lowest BCUT2D eigenvalue weighted by atomic mass is 9.85. The van der Waals surface area contributed by atoms with Gasteiger partial charge in [-0.25, -0.2) is 9.59 Å². The predicted molar refractivity (Wildman–Crippen MR) is 163 cm³/mol. The van der Waals surface area contributed by atoms with Crippen LogP contribution in [-0.2, 0) is 11.3 Å². The lowest BCUT2D eigenvalue weighted by Crippen LogP contribution is -2.58. The number of carbonyl (C=O) groups is 2. The Kier molecular flexibility index (Phi) is 10.6. The van der Waals surface area contributed by atoms with E-state index >= 15 is 0 Å². The SMILES string of the molecule is CC(C)(N)CC1CCN(Cc2ccc(-n3ccc(NC(=O)N4CCN(C(=O)C(C)(C)N)CC4)nc3=O)cc2)CC1.Cl. The molecule has 2 aromatic rings. The number of likely N-dealkylation sites (tertiary alicyclic amines) is 1. The van der Waals surface area contributed by atoms with Gasteiger partial charge in [-0.2, -0.15) is 4.98 Å². The van der Waals surface area contributed by atoms with Gasteiger partial charge in [0, 0.05) is 44.5 Å². The Hall–Kier alpha value is -2.99. The van der Waals surface area contributed by atoms with Crippen LogP contribution in [-0.4, -0.2) is 86.5 Å². The summed E-state index contributed by atoms with van der Waals surface area (Å²) >= 11 is 0. The number of rotatable bonds is 7. The number of aromatic nitrogens is 2. The van der Waals surface area contributed by atoms with Gasteiger partial charge in [0.25, 0.3) is 0 Å². The van der Waals surface area contributed by atoms with Gasteiger partial charge in [0.05, 0.1) is 11.2 Å². The van der Waals surface area contributed by atoms with Crippen molar-refractivity contribution in [2.75, 3.05) is 44.6 Å². The molecule has 2 aliphatic rings. The summed E-state index contributed by atoms with van der Waals surface area (Å²) in [6.45, 7) is 12.1. The number of piperidine rings is 1. The van der Waals surface area contributed by atoms with Crippen molar-refractivity contribution in [3.63, 3.8) is 0 Å². The molecule has 11 nitrogen and oxygen atoms in total. The third-order valence-corrected chi connectivity index (χ3v) is 7.59. The van der Waals surface area contributed by atoms with Gasteiger partial charge < -0.3 is 21.3 Å². The molecule has 0 bridgehead atoms. The van der Waals surface area contributed by atoms with E-state index in [1.54, 1.807) is 35.9 Å². The van der Waals surface area contributed by atoms with E-state index in [4.69, 9.17) is 11.5 Å². The molecule has 0 atom stereocenters. The molecule has 0 saturated carbocycles. The second kappa shape index (κ2) is 13.3. The summed E-state index contributed by atoms with van der Waals surface area (Å²) in [6, 6.07) is 9.18. The minimum absolute atomic E-state index is 0. The number of nitrogens with one attached hydrogen (secondary N) is 1. The topological polar surface area (TPSA) is 143 Å². The summed E-state index contributed by atoms with van der Waals surface area (Å²) in [5, 5.41) is 2.70. The van der Waals surface area contributed by atoms with Gasteiger partial charge in [-0.1, -0.05) is 12.1 Å². The second-order valence-electron chi connectivity index (χ2n) is 12.5. The molecule has 0 aliphatic carbocycles. The average molecular weight is 589 g/mol. The van der Waals surface area contributed by atoms with E-state index in [1.165, 1.54) is 23.0 Å². The summed E-state index contributed by atoms with van der Waals surface area (Å²) < 4.78 is 1.46. The first-order valence-electron chi connectivity index (χ1n) is 14.1. The van der Waals surface area contributed by atoms with E-state index in [-0.39, 0.29) is 35.7 Å². The summed E-state index contributed by atoms with van der Waals surface area (Å²) in [7, 11) is 0. The smallest absolute Gasteiger partial charge is 0.338 e. The van der Waals surface area contributed by atoms with E-state index in [2.05, 4.69) is 29.0 Å². The number of hydrogen-bond acceptors (Lipinski definition) is 7. The maximum atomic E-state index is 12.8. The highest BCUT2D eigenvalue weighted by atomic mass is 35.5. The number of urea groups is 1. The van der Waals surface area contributed by atoms with Crippen molar-refractivity contribution < 1.29 is 9.59 Å². The molecule has 4 rings (SSSR count). The normalized spacial score (nSPS) is 17.2. The third kappa shape index (κ3) is 9.00. The highest BCUT2D eigenvalue weighted by Gasteiger charge is 2.31. The monoisotopic (exact) mass is 588 g/mol. The Morgan fingerprint density at radius 2 is 1.51 bits per heavy atom. The van der Waals surface area contributed by atoms with Crippen molar-refractivity contribution in [1.82, 2.24) is 24.3 Å². The molecular weight excluding hydrogens is 544 g/mol. The summed E-state index contributed by atoms with van der Waals surface area (Å²) in [5.74, 6) is 0.736. The van der Waals surface area contributed by atoms with Crippen LogP contribution in [0.1, 0.15) is 52.5 Å². The van der Waals surface area contributed by atoms with Crippen LogP contribution in [0.4, 0.5) is 10.6 Å². The van der Waals surface area contributed by atoms with Crippen LogP contribution < -0.4 is 22.5 Å². The molecule has 0 unspecified atom stereocenters. The summed E-state index contributed by atoms with van der Waals surface area (Å²) in [6.07, 6.45) is 5.02. The quantitative estimate of drug-likeness (QED) is 0.451. The first kappa shape index (κ1) is 32.5. The maximum Gasteiger partial charge on any atom is 0.354 e. The molecule has 0 radical (unpaired) electrons. The number of carbonyl (C=O) groups excluding carboxylic acids is 2. The Labute approximate surface area is 248 Å². The Morgan fingerprint density at radius 3 is 2.05 bits per heavy atom. The van der Waals surface area contributed by atoms with Crippen molar-refractivity contribution in [2.45, 2.75) is 64.6 Å². The number of amides is 3. The second-order valence-corrected chi connectivity index (χ2v) is 12.5. The third-order valence-electron chi connectivity index (χ3n) is 7.59.